The molecule has 6 heteroatoms. The Morgan fingerprint density at radius 3 is 2.75 bits per heavy atom. The molecule has 0 spiro atoms. The van der Waals surface area contributed by atoms with Gasteiger partial charge in [0.05, 0.1) is 18.0 Å². The minimum absolute atomic E-state index is 0.198. The van der Waals surface area contributed by atoms with Crippen molar-refractivity contribution in [2.75, 3.05) is 18.5 Å². The van der Waals surface area contributed by atoms with Gasteiger partial charge in [-0.15, -0.1) is 0 Å². The van der Waals surface area contributed by atoms with Crippen molar-refractivity contribution < 1.29 is 9.53 Å². The van der Waals surface area contributed by atoms with Crippen LogP contribution in [0.3, 0.4) is 0 Å². The Bertz CT molecular complexity index is 668. The van der Waals surface area contributed by atoms with Gasteiger partial charge in [-0.1, -0.05) is 23.7 Å². The van der Waals surface area contributed by atoms with E-state index in [-0.39, 0.29) is 12.0 Å². The summed E-state index contributed by atoms with van der Waals surface area (Å²) >= 11 is 5.84. The fraction of sp³-hybridized carbons (Fsp3) is 0.333. The fourth-order valence-corrected chi connectivity index (χ4v) is 2.67. The number of carbonyl (C=O) groups excluding carboxylic acids is 1. The van der Waals surface area contributed by atoms with Crippen LogP contribution in [0.25, 0.3) is 0 Å². The van der Waals surface area contributed by atoms with Crippen molar-refractivity contribution in [1.29, 1.82) is 0 Å². The van der Waals surface area contributed by atoms with Gasteiger partial charge in [-0.05, 0) is 42.7 Å². The number of carbonyl (C=O) groups is 1. The average molecular weight is 346 g/mol. The Labute approximate surface area is 146 Å². The van der Waals surface area contributed by atoms with Crippen LogP contribution in [0, 0.1) is 0 Å². The molecule has 1 saturated heterocycles. The zero-order chi connectivity index (χ0) is 16.8. The third-order valence-electron chi connectivity index (χ3n) is 3.92. The minimum atomic E-state index is -0.198. The fourth-order valence-electron chi connectivity index (χ4n) is 2.54. The second-order valence-corrected chi connectivity index (χ2v) is 6.19. The van der Waals surface area contributed by atoms with E-state index in [1.54, 1.807) is 24.4 Å². The summed E-state index contributed by atoms with van der Waals surface area (Å²) in [5.41, 5.74) is 2.27. The first-order valence-corrected chi connectivity index (χ1v) is 8.43. The molecule has 0 aliphatic carbocycles. The molecular weight excluding hydrogens is 326 g/mol. The molecule has 1 atom stereocenters. The molecule has 1 amide bonds. The summed E-state index contributed by atoms with van der Waals surface area (Å²) in [7, 11) is 0. The van der Waals surface area contributed by atoms with Gasteiger partial charge >= 0.3 is 0 Å². The predicted molar refractivity (Wildman–Crippen MR) is 94.3 cm³/mol. The highest BCUT2D eigenvalue weighted by Gasteiger charge is 2.15. The molecule has 2 N–H and O–H groups in total. The van der Waals surface area contributed by atoms with Gasteiger partial charge in [0.25, 0.3) is 5.91 Å². The number of nitrogens with one attached hydrogen (secondary N) is 2. The van der Waals surface area contributed by atoms with Crippen LogP contribution in [-0.2, 0) is 11.3 Å². The summed E-state index contributed by atoms with van der Waals surface area (Å²) in [6, 6.07) is 10.9. The van der Waals surface area contributed by atoms with Crippen LogP contribution in [0.15, 0.2) is 42.6 Å². The summed E-state index contributed by atoms with van der Waals surface area (Å²) in [6.07, 6.45) is 4.15. The SMILES string of the molecule is O=C(NCc1ccc(Cl)cc1)c1ccc(NCC2CCCO2)cn1. The third-order valence-corrected chi connectivity index (χ3v) is 4.17. The lowest BCUT2D eigenvalue weighted by Crippen LogP contribution is -2.24. The van der Waals surface area contributed by atoms with Gasteiger partial charge in [0.1, 0.15) is 5.69 Å². The second kappa shape index (κ2) is 8.13. The number of ether oxygens (including phenoxy) is 1. The lowest BCUT2D eigenvalue weighted by Gasteiger charge is -2.12. The monoisotopic (exact) mass is 345 g/mol. The van der Waals surface area contributed by atoms with Crippen molar-refractivity contribution >= 4 is 23.2 Å². The van der Waals surface area contributed by atoms with E-state index < -0.39 is 0 Å². The molecule has 0 saturated carbocycles. The quantitative estimate of drug-likeness (QED) is 0.843. The van der Waals surface area contributed by atoms with Crippen LogP contribution >= 0.6 is 11.6 Å². The molecule has 24 heavy (non-hydrogen) atoms. The minimum Gasteiger partial charge on any atom is -0.381 e. The lowest BCUT2D eigenvalue weighted by atomic mass is 10.2. The topological polar surface area (TPSA) is 63.2 Å². The summed E-state index contributed by atoms with van der Waals surface area (Å²) < 4.78 is 5.56. The highest BCUT2D eigenvalue weighted by atomic mass is 35.5. The Balaban J connectivity index is 1.48. The van der Waals surface area contributed by atoms with E-state index in [1.807, 2.05) is 18.2 Å². The molecule has 1 aliphatic heterocycles. The molecule has 0 bridgehead atoms. The van der Waals surface area contributed by atoms with Crippen molar-refractivity contribution in [3.8, 4) is 0 Å². The number of benzene rings is 1. The van der Waals surface area contributed by atoms with Crippen LogP contribution in [0.1, 0.15) is 28.9 Å². The number of hydrogen-bond donors (Lipinski definition) is 2. The van der Waals surface area contributed by atoms with E-state index >= 15 is 0 Å². The van der Waals surface area contributed by atoms with Crippen molar-refractivity contribution in [3.63, 3.8) is 0 Å². The Morgan fingerprint density at radius 1 is 1.25 bits per heavy atom. The van der Waals surface area contributed by atoms with Crippen molar-refractivity contribution in [2.45, 2.75) is 25.5 Å². The third kappa shape index (κ3) is 4.69. The summed E-state index contributed by atoms with van der Waals surface area (Å²) in [5, 5.41) is 6.81. The van der Waals surface area contributed by atoms with Crippen molar-refractivity contribution in [3.05, 3.63) is 58.9 Å². The lowest BCUT2D eigenvalue weighted by molar-refractivity contribution is 0.0946. The first-order valence-electron chi connectivity index (χ1n) is 8.05. The molecule has 3 rings (SSSR count). The van der Waals surface area contributed by atoms with Gasteiger partial charge in [0, 0.05) is 24.7 Å². The zero-order valence-corrected chi connectivity index (χ0v) is 14.1. The molecular formula is C18H20ClN3O2. The molecule has 126 valence electrons. The van der Waals surface area contributed by atoms with E-state index in [0.717, 1.165) is 37.2 Å². The normalized spacial score (nSPS) is 16.8. The number of nitrogens with zero attached hydrogens (tertiary/aromatic N) is 1. The number of halogens is 1. The number of hydrogen-bond acceptors (Lipinski definition) is 4. The molecule has 1 fully saturated rings. The van der Waals surface area contributed by atoms with Gasteiger partial charge in [-0.25, -0.2) is 4.98 Å². The molecule has 2 heterocycles. The van der Waals surface area contributed by atoms with E-state index in [1.165, 1.54) is 0 Å². The molecule has 1 aromatic heterocycles. The van der Waals surface area contributed by atoms with Gasteiger partial charge in [0.15, 0.2) is 0 Å². The number of aromatic nitrogens is 1. The van der Waals surface area contributed by atoms with Crippen LogP contribution in [0.2, 0.25) is 5.02 Å². The molecule has 1 unspecified atom stereocenters. The zero-order valence-electron chi connectivity index (χ0n) is 13.3. The average Bonchev–Trinajstić information content (AvgIpc) is 3.13. The first-order chi connectivity index (χ1) is 11.7. The largest absolute Gasteiger partial charge is 0.381 e. The standard InChI is InChI=1S/C18H20ClN3O2/c19-14-5-3-13(4-6-14)10-22-18(23)17-8-7-15(11-21-17)20-12-16-2-1-9-24-16/h3-8,11,16,20H,1-2,9-10,12H2,(H,22,23). The summed E-state index contributed by atoms with van der Waals surface area (Å²) in [4.78, 5) is 16.3. The van der Waals surface area contributed by atoms with E-state index in [2.05, 4.69) is 15.6 Å². The molecule has 0 radical (unpaired) electrons. The van der Waals surface area contributed by atoms with E-state index in [4.69, 9.17) is 16.3 Å². The van der Waals surface area contributed by atoms with Crippen LogP contribution in [-0.4, -0.2) is 30.1 Å². The Morgan fingerprint density at radius 2 is 2.08 bits per heavy atom. The number of anilines is 1. The number of pyridine rings is 1. The van der Waals surface area contributed by atoms with Gasteiger partial charge < -0.3 is 15.4 Å². The highest BCUT2D eigenvalue weighted by molar-refractivity contribution is 6.30. The van der Waals surface area contributed by atoms with Crippen molar-refractivity contribution in [1.82, 2.24) is 10.3 Å². The first kappa shape index (κ1) is 16.7. The van der Waals surface area contributed by atoms with Gasteiger partial charge in [-0.3, -0.25) is 4.79 Å². The second-order valence-electron chi connectivity index (χ2n) is 5.76. The van der Waals surface area contributed by atoms with E-state index in [0.29, 0.717) is 17.3 Å². The van der Waals surface area contributed by atoms with Crippen LogP contribution < -0.4 is 10.6 Å². The molecule has 1 aromatic carbocycles. The highest BCUT2D eigenvalue weighted by Crippen LogP contribution is 2.14. The molecule has 1 aliphatic rings. The maximum atomic E-state index is 12.1. The maximum Gasteiger partial charge on any atom is 0.270 e. The van der Waals surface area contributed by atoms with Crippen molar-refractivity contribution in [2.24, 2.45) is 0 Å². The molecule has 5 nitrogen and oxygen atoms in total. The summed E-state index contributed by atoms with van der Waals surface area (Å²) in [6.45, 7) is 2.05. The van der Waals surface area contributed by atoms with Gasteiger partial charge in [-0.2, -0.15) is 0 Å². The summed E-state index contributed by atoms with van der Waals surface area (Å²) in [5.74, 6) is -0.198. The Hall–Kier alpha value is -2.11. The van der Waals surface area contributed by atoms with Crippen LogP contribution in [0.4, 0.5) is 5.69 Å². The smallest absolute Gasteiger partial charge is 0.270 e. The van der Waals surface area contributed by atoms with Gasteiger partial charge in [0.2, 0.25) is 0 Å². The predicted octanol–water partition coefficient (Wildman–Crippen LogP) is 3.26. The Kier molecular flexibility index (Phi) is 5.67. The maximum absolute atomic E-state index is 12.1. The number of amides is 1. The molecule has 2 aromatic rings. The van der Waals surface area contributed by atoms with E-state index in [9.17, 15) is 4.79 Å². The number of rotatable bonds is 6. The van der Waals surface area contributed by atoms with Crippen LogP contribution in [0.5, 0.6) is 0 Å².